The number of hydrogen-bond donors (Lipinski definition) is 1. The smallest absolute Gasteiger partial charge is 0.126 e. The summed E-state index contributed by atoms with van der Waals surface area (Å²) in [6.45, 7) is 0. The predicted molar refractivity (Wildman–Crippen MR) is 70.8 cm³/mol. The van der Waals surface area contributed by atoms with Crippen molar-refractivity contribution in [3.63, 3.8) is 0 Å². The van der Waals surface area contributed by atoms with Crippen molar-refractivity contribution < 1.29 is 9.50 Å². The largest absolute Gasteiger partial charge is 0.393 e. The van der Waals surface area contributed by atoms with Crippen molar-refractivity contribution in [2.75, 3.05) is 11.5 Å². The molecule has 1 aliphatic heterocycles. The molecule has 1 N–H and O–H groups in total. The molecule has 1 aromatic rings. The quantitative estimate of drug-likeness (QED) is 0.890. The van der Waals surface area contributed by atoms with E-state index in [1.807, 2.05) is 17.8 Å². The Balaban J connectivity index is 1.84. The van der Waals surface area contributed by atoms with Gasteiger partial charge in [-0.25, -0.2) is 4.39 Å². The normalized spacial score (nSPS) is 19.2. The summed E-state index contributed by atoms with van der Waals surface area (Å²) in [6.07, 6.45) is 3.24. The summed E-state index contributed by atoms with van der Waals surface area (Å²) in [5, 5.41) is 10.0. The van der Waals surface area contributed by atoms with Gasteiger partial charge < -0.3 is 5.11 Å². The molecule has 0 radical (unpaired) electrons. The lowest BCUT2D eigenvalue weighted by molar-refractivity contribution is 0.138. The third-order valence-electron chi connectivity index (χ3n) is 3.36. The van der Waals surface area contributed by atoms with Crippen LogP contribution in [0.15, 0.2) is 24.3 Å². The van der Waals surface area contributed by atoms with Gasteiger partial charge in [0.05, 0.1) is 6.10 Å². The van der Waals surface area contributed by atoms with Crippen molar-refractivity contribution in [1.29, 1.82) is 0 Å². The van der Waals surface area contributed by atoms with Gasteiger partial charge in [-0.1, -0.05) is 18.2 Å². The van der Waals surface area contributed by atoms with Crippen molar-refractivity contribution in [3.05, 3.63) is 35.6 Å². The van der Waals surface area contributed by atoms with E-state index < -0.39 is 6.10 Å². The van der Waals surface area contributed by atoms with E-state index in [2.05, 4.69) is 0 Å². The topological polar surface area (TPSA) is 20.2 Å². The van der Waals surface area contributed by atoms with Crippen LogP contribution in [0.5, 0.6) is 0 Å². The van der Waals surface area contributed by atoms with Crippen molar-refractivity contribution in [1.82, 2.24) is 0 Å². The van der Waals surface area contributed by atoms with Crippen LogP contribution in [0.3, 0.4) is 0 Å². The predicted octanol–water partition coefficient (Wildman–Crippen LogP) is 3.26. The fourth-order valence-electron chi connectivity index (χ4n) is 2.37. The SMILES string of the molecule is OC(Cc1ccccc1F)CC1CCSCC1. The van der Waals surface area contributed by atoms with Crippen molar-refractivity contribution in [2.24, 2.45) is 5.92 Å². The van der Waals surface area contributed by atoms with Crippen LogP contribution in [-0.4, -0.2) is 22.7 Å². The molecule has 0 spiro atoms. The third-order valence-corrected chi connectivity index (χ3v) is 4.41. The average molecular weight is 254 g/mol. The Hall–Kier alpha value is -0.540. The van der Waals surface area contributed by atoms with Gasteiger partial charge in [0, 0.05) is 6.42 Å². The highest BCUT2D eigenvalue weighted by atomic mass is 32.2. The van der Waals surface area contributed by atoms with Crippen molar-refractivity contribution in [3.8, 4) is 0 Å². The van der Waals surface area contributed by atoms with Crippen molar-refractivity contribution >= 4 is 11.8 Å². The first kappa shape index (κ1) is 12.9. The van der Waals surface area contributed by atoms with Gasteiger partial charge in [0.1, 0.15) is 5.82 Å². The van der Waals surface area contributed by atoms with Gasteiger partial charge in [-0.2, -0.15) is 11.8 Å². The third kappa shape index (κ3) is 4.00. The fraction of sp³-hybridized carbons (Fsp3) is 0.571. The number of benzene rings is 1. The molecule has 0 saturated carbocycles. The number of aliphatic hydroxyl groups excluding tert-OH is 1. The van der Waals surface area contributed by atoms with Gasteiger partial charge in [-0.3, -0.25) is 0 Å². The van der Waals surface area contributed by atoms with Crippen LogP contribution in [0.1, 0.15) is 24.8 Å². The molecule has 1 aliphatic rings. The molecule has 1 atom stereocenters. The molecule has 1 nitrogen and oxygen atoms in total. The van der Waals surface area contributed by atoms with E-state index in [0.29, 0.717) is 17.9 Å². The van der Waals surface area contributed by atoms with Crippen LogP contribution in [-0.2, 0) is 6.42 Å². The van der Waals surface area contributed by atoms with Gasteiger partial charge in [0.15, 0.2) is 0 Å². The number of thioether (sulfide) groups is 1. The molecular formula is C14H19FOS. The maximum absolute atomic E-state index is 13.4. The standard InChI is InChI=1S/C14H19FOS/c15-14-4-2-1-3-12(14)10-13(16)9-11-5-7-17-8-6-11/h1-4,11,13,16H,5-10H2. The molecule has 0 aliphatic carbocycles. The summed E-state index contributed by atoms with van der Waals surface area (Å²) in [7, 11) is 0. The summed E-state index contributed by atoms with van der Waals surface area (Å²) >= 11 is 1.99. The molecule has 94 valence electrons. The number of aliphatic hydroxyl groups is 1. The zero-order valence-electron chi connectivity index (χ0n) is 9.94. The molecule has 0 amide bonds. The van der Waals surface area contributed by atoms with Crippen LogP contribution in [0, 0.1) is 11.7 Å². The lowest BCUT2D eigenvalue weighted by Gasteiger charge is -2.23. The Morgan fingerprint density at radius 1 is 1.29 bits per heavy atom. The van der Waals surface area contributed by atoms with E-state index in [1.165, 1.54) is 30.4 Å². The first-order chi connectivity index (χ1) is 8.25. The lowest BCUT2D eigenvalue weighted by atomic mass is 9.93. The Morgan fingerprint density at radius 2 is 2.00 bits per heavy atom. The highest BCUT2D eigenvalue weighted by molar-refractivity contribution is 7.99. The molecule has 1 unspecified atom stereocenters. The number of rotatable bonds is 4. The molecule has 2 rings (SSSR count). The minimum atomic E-state index is -0.403. The summed E-state index contributed by atoms with van der Waals surface area (Å²) in [5.41, 5.74) is 0.630. The van der Waals surface area contributed by atoms with Crippen LogP contribution in [0.2, 0.25) is 0 Å². The molecule has 1 aromatic carbocycles. The minimum absolute atomic E-state index is 0.203. The van der Waals surface area contributed by atoms with Gasteiger partial charge >= 0.3 is 0 Å². The Morgan fingerprint density at radius 3 is 2.71 bits per heavy atom. The summed E-state index contributed by atoms with van der Waals surface area (Å²) < 4.78 is 13.4. The summed E-state index contributed by atoms with van der Waals surface area (Å²) in [4.78, 5) is 0. The maximum Gasteiger partial charge on any atom is 0.126 e. The molecule has 1 fully saturated rings. The Kier molecular flexibility index (Phi) is 4.86. The monoisotopic (exact) mass is 254 g/mol. The summed E-state index contributed by atoms with van der Waals surface area (Å²) in [6, 6.07) is 6.72. The molecular weight excluding hydrogens is 235 g/mol. The van der Waals surface area contributed by atoms with Gasteiger partial charge in [0.2, 0.25) is 0 Å². The van der Waals surface area contributed by atoms with Crippen molar-refractivity contribution in [2.45, 2.75) is 31.8 Å². The van der Waals surface area contributed by atoms with Gasteiger partial charge in [0.25, 0.3) is 0 Å². The highest BCUT2D eigenvalue weighted by Crippen LogP contribution is 2.27. The second-order valence-electron chi connectivity index (χ2n) is 4.74. The second-order valence-corrected chi connectivity index (χ2v) is 5.97. The van der Waals surface area contributed by atoms with E-state index in [-0.39, 0.29) is 5.82 Å². The minimum Gasteiger partial charge on any atom is -0.393 e. The van der Waals surface area contributed by atoms with Crippen LogP contribution in [0.25, 0.3) is 0 Å². The first-order valence-electron chi connectivity index (χ1n) is 6.25. The fourth-order valence-corrected chi connectivity index (χ4v) is 3.57. The maximum atomic E-state index is 13.4. The van der Waals surface area contributed by atoms with E-state index >= 15 is 0 Å². The molecule has 1 heterocycles. The number of halogens is 1. The van der Waals surface area contributed by atoms with E-state index in [1.54, 1.807) is 12.1 Å². The Bertz CT molecular complexity index is 350. The lowest BCUT2D eigenvalue weighted by Crippen LogP contribution is -2.20. The Labute approximate surface area is 106 Å². The van der Waals surface area contributed by atoms with Gasteiger partial charge in [-0.05, 0) is 48.3 Å². The molecule has 3 heteroatoms. The zero-order valence-corrected chi connectivity index (χ0v) is 10.8. The van der Waals surface area contributed by atoms with Gasteiger partial charge in [-0.15, -0.1) is 0 Å². The highest BCUT2D eigenvalue weighted by Gasteiger charge is 2.18. The van der Waals surface area contributed by atoms with Crippen LogP contribution >= 0.6 is 11.8 Å². The molecule has 0 aromatic heterocycles. The first-order valence-corrected chi connectivity index (χ1v) is 7.40. The molecule has 1 saturated heterocycles. The molecule has 17 heavy (non-hydrogen) atoms. The van der Waals surface area contributed by atoms with E-state index in [4.69, 9.17) is 0 Å². The average Bonchev–Trinajstić information content (AvgIpc) is 2.33. The van der Waals surface area contributed by atoms with E-state index in [0.717, 1.165) is 6.42 Å². The zero-order chi connectivity index (χ0) is 12.1. The number of hydrogen-bond acceptors (Lipinski definition) is 2. The second kappa shape index (κ2) is 6.41. The summed E-state index contributed by atoms with van der Waals surface area (Å²) in [5.74, 6) is 2.83. The molecule has 0 bridgehead atoms. The van der Waals surface area contributed by atoms with E-state index in [9.17, 15) is 9.50 Å². The van der Waals surface area contributed by atoms with Crippen LogP contribution < -0.4 is 0 Å². The van der Waals surface area contributed by atoms with Crippen LogP contribution in [0.4, 0.5) is 4.39 Å².